The number of aromatic nitrogens is 1. The highest BCUT2D eigenvalue weighted by molar-refractivity contribution is 6.13. The Morgan fingerprint density at radius 3 is 2.35 bits per heavy atom. The first-order valence-corrected chi connectivity index (χ1v) is 9.76. The van der Waals surface area contributed by atoms with Crippen LogP contribution in [0.15, 0.2) is 78.9 Å². The van der Waals surface area contributed by atoms with Crippen molar-refractivity contribution in [2.45, 2.75) is 6.42 Å². The number of ether oxygens (including phenoxy) is 1. The summed E-state index contributed by atoms with van der Waals surface area (Å²) in [5.41, 5.74) is 9.49. The molecule has 0 unspecified atom stereocenters. The second-order valence-corrected chi connectivity index (χ2v) is 7.09. The molecule has 3 N–H and O–H groups in total. The number of nitrogens with two attached hydrogens (primary N) is 1. The van der Waals surface area contributed by atoms with Crippen LogP contribution in [0.4, 0.5) is 5.69 Å². The third-order valence-corrected chi connectivity index (χ3v) is 4.94. The van der Waals surface area contributed by atoms with Crippen LogP contribution in [0.1, 0.15) is 15.9 Å². The van der Waals surface area contributed by atoms with Gasteiger partial charge in [0.05, 0.1) is 30.3 Å². The third-order valence-electron chi connectivity index (χ3n) is 4.94. The number of carbonyl (C=O) groups is 2. The number of primary amides is 1. The van der Waals surface area contributed by atoms with Crippen LogP contribution in [-0.4, -0.2) is 23.9 Å². The average molecular weight is 411 g/mol. The van der Waals surface area contributed by atoms with Crippen LogP contribution in [0.2, 0.25) is 0 Å². The van der Waals surface area contributed by atoms with Crippen molar-refractivity contribution in [2.24, 2.45) is 5.73 Å². The van der Waals surface area contributed by atoms with E-state index in [0.29, 0.717) is 16.9 Å². The van der Waals surface area contributed by atoms with Gasteiger partial charge >= 0.3 is 0 Å². The van der Waals surface area contributed by atoms with Gasteiger partial charge in [-0.25, -0.2) is 4.98 Å². The van der Waals surface area contributed by atoms with Crippen LogP contribution >= 0.6 is 0 Å². The van der Waals surface area contributed by atoms with Gasteiger partial charge in [-0.05, 0) is 54.1 Å². The molecule has 4 rings (SSSR count). The fourth-order valence-electron chi connectivity index (χ4n) is 3.38. The molecule has 3 aromatic carbocycles. The summed E-state index contributed by atoms with van der Waals surface area (Å²) in [4.78, 5) is 28.9. The summed E-state index contributed by atoms with van der Waals surface area (Å²) in [5.74, 6) is 0.115. The SMILES string of the molecule is COc1ccc(-c2cc(C(=O)Nc3ccc(CC(N)=O)cc3)c3ccccc3n2)cc1. The predicted octanol–water partition coefficient (Wildman–Crippen LogP) is 4.19. The van der Waals surface area contributed by atoms with Crippen LogP contribution in [0.25, 0.3) is 22.2 Å². The zero-order valence-electron chi connectivity index (χ0n) is 17.0. The molecular formula is C25H21N3O3. The van der Waals surface area contributed by atoms with Crippen LogP contribution in [0.5, 0.6) is 5.75 Å². The monoisotopic (exact) mass is 411 g/mol. The molecule has 0 fully saturated rings. The summed E-state index contributed by atoms with van der Waals surface area (Å²) >= 11 is 0. The number of fused-ring (bicyclic) bond motifs is 1. The van der Waals surface area contributed by atoms with Crippen molar-refractivity contribution >= 4 is 28.4 Å². The van der Waals surface area contributed by atoms with Gasteiger partial charge in [0.2, 0.25) is 5.91 Å². The number of carbonyl (C=O) groups excluding carboxylic acids is 2. The largest absolute Gasteiger partial charge is 0.497 e. The number of rotatable bonds is 6. The molecule has 0 aliphatic heterocycles. The smallest absolute Gasteiger partial charge is 0.256 e. The highest BCUT2D eigenvalue weighted by Gasteiger charge is 2.14. The molecule has 1 aromatic heterocycles. The second kappa shape index (κ2) is 8.67. The second-order valence-electron chi connectivity index (χ2n) is 7.09. The lowest BCUT2D eigenvalue weighted by Crippen LogP contribution is -2.14. The molecular weight excluding hydrogens is 390 g/mol. The van der Waals surface area contributed by atoms with E-state index in [1.165, 1.54) is 0 Å². The lowest BCUT2D eigenvalue weighted by molar-refractivity contribution is -0.117. The van der Waals surface area contributed by atoms with E-state index >= 15 is 0 Å². The molecule has 31 heavy (non-hydrogen) atoms. The fourth-order valence-corrected chi connectivity index (χ4v) is 3.38. The molecule has 154 valence electrons. The van der Waals surface area contributed by atoms with Crippen molar-refractivity contribution in [3.05, 3.63) is 90.0 Å². The van der Waals surface area contributed by atoms with Crippen molar-refractivity contribution in [3.8, 4) is 17.0 Å². The van der Waals surface area contributed by atoms with E-state index in [1.807, 2.05) is 48.5 Å². The van der Waals surface area contributed by atoms with Gasteiger partial charge in [0.1, 0.15) is 5.75 Å². The maximum absolute atomic E-state index is 13.1. The molecule has 4 aromatic rings. The number of hydrogen-bond acceptors (Lipinski definition) is 4. The van der Waals surface area contributed by atoms with E-state index in [9.17, 15) is 9.59 Å². The normalized spacial score (nSPS) is 10.6. The fraction of sp³-hybridized carbons (Fsp3) is 0.0800. The Hall–Kier alpha value is -4.19. The van der Waals surface area contributed by atoms with Gasteiger partial charge in [-0.3, -0.25) is 9.59 Å². The number of amides is 2. The summed E-state index contributed by atoms with van der Waals surface area (Å²) < 4.78 is 5.22. The lowest BCUT2D eigenvalue weighted by atomic mass is 10.0. The zero-order chi connectivity index (χ0) is 21.8. The number of nitrogens with zero attached hydrogens (tertiary/aromatic N) is 1. The molecule has 0 saturated heterocycles. The van der Waals surface area contributed by atoms with Crippen molar-refractivity contribution in [1.29, 1.82) is 0 Å². The minimum atomic E-state index is -0.397. The Balaban J connectivity index is 1.68. The topological polar surface area (TPSA) is 94.3 Å². The highest BCUT2D eigenvalue weighted by atomic mass is 16.5. The van der Waals surface area contributed by atoms with Crippen LogP contribution < -0.4 is 15.8 Å². The Morgan fingerprint density at radius 2 is 1.68 bits per heavy atom. The van der Waals surface area contributed by atoms with Crippen molar-refractivity contribution in [1.82, 2.24) is 4.98 Å². The molecule has 2 amide bonds. The number of benzene rings is 3. The first kappa shape index (κ1) is 20.1. The van der Waals surface area contributed by atoms with Gasteiger partial charge in [0.15, 0.2) is 0 Å². The van der Waals surface area contributed by atoms with Crippen LogP contribution in [-0.2, 0) is 11.2 Å². The first-order chi connectivity index (χ1) is 15.0. The number of para-hydroxylation sites is 1. The van der Waals surface area contributed by atoms with Gasteiger partial charge in [0, 0.05) is 16.6 Å². The van der Waals surface area contributed by atoms with E-state index in [-0.39, 0.29) is 12.3 Å². The third kappa shape index (κ3) is 4.53. The van der Waals surface area contributed by atoms with Gasteiger partial charge in [-0.1, -0.05) is 30.3 Å². The van der Waals surface area contributed by atoms with E-state index in [0.717, 1.165) is 27.8 Å². The number of methoxy groups -OCH3 is 1. The minimum Gasteiger partial charge on any atom is -0.497 e. The minimum absolute atomic E-state index is 0.161. The number of anilines is 1. The Bertz CT molecular complexity index is 1250. The number of pyridine rings is 1. The molecule has 0 spiro atoms. The summed E-state index contributed by atoms with van der Waals surface area (Å²) in [7, 11) is 1.62. The lowest BCUT2D eigenvalue weighted by Gasteiger charge is -2.11. The standard InChI is InChI=1S/C25H21N3O3/c1-31-19-12-8-17(9-13-19)23-15-21(20-4-2-3-5-22(20)28-23)25(30)27-18-10-6-16(7-11-18)14-24(26)29/h2-13,15H,14H2,1H3,(H2,26,29)(H,27,30). The maximum atomic E-state index is 13.1. The van der Waals surface area contributed by atoms with Crippen molar-refractivity contribution < 1.29 is 14.3 Å². The number of nitrogens with one attached hydrogen (secondary N) is 1. The van der Waals surface area contributed by atoms with Crippen LogP contribution in [0.3, 0.4) is 0 Å². The maximum Gasteiger partial charge on any atom is 0.256 e. The molecule has 0 bridgehead atoms. The van der Waals surface area contributed by atoms with Gasteiger partial charge in [0.25, 0.3) is 5.91 Å². The Kier molecular flexibility index (Phi) is 5.62. The first-order valence-electron chi connectivity index (χ1n) is 9.76. The molecule has 6 heteroatoms. The molecule has 6 nitrogen and oxygen atoms in total. The van der Waals surface area contributed by atoms with E-state index in [1.54, 1.807) is 37.4 Å². The Morgan fingerprint density at radius 1 is 0.968 bits per heavy atom. The summed E-state index contributed by atoms with van der Waals surface area (Å²) in [5, 5.41) is 3.69. The molecule has 0 radical (unpaired) electrons. The highest BCUT2D eigenvalue weighted by Crippen LogP contribution is 2.27. The van der Waals surface area contributed by atoms with Gasteiger partial charge < -0.3 is 15.8 Å². The zero-order valence-corrected chi connectivity index (χ0v) is 17.0. The molecule has 0 atom stereocenters. The van der Waals surface area contributed by atoms with Crippen molar-refractivity contribution in [3.63, 3.8) is 0 Å². The van der Waals surface area contributed by atoms with E-state index in [4.69, 9.17) is 15.5 Å². The Labute approximate surface area is 179 Å². The van der Waals surface area contributed by atoms with Gasteiger partial charge in [-0.15, -0.1) is 0 Å². The van der Waals surface area contributed by atoms with E-state index < -0.39 is 5.91 Å². The quantitative estimate of drug-likeness (QED) is 0.497. The van der Waals surface area contributed by atoms with E-state index in [2.05, 4.69) is 5.32 Å². The summed E-state index contributed by atoms with van der Waals surface area (Å²) in [6, 6.07) is 23.9. The van der Waals surface area contributed by atoms with Crippen molar-refractivity contribution in [2.75, 3.05) is 12.4 Å². The molecule has 0 saturated carbocycles. The average Bonchev–Trinajstić information content (AvgIpc) is 2.79. The molecule has 1 heterocycles. The summed E-state index contributed by atoms with van der Waals surface area (Å²) in [6.07, 6.45) is 0.161. The molecule has 0 aliphatic carbocycles. The molecule has 0 aliphatic rings. The van der Waals surface area contributed by atoms with Gasteiger partial charge in [-0.2, -0.15) is 0 Å². The number of hydrogen-bond donors (Lipinski definition) is 2. The summed E-state index contributed by atoms with van der Waals surface area (Å²) in [6.45, 7) is 0. The predicted molar refractivity (Wildman–Crippen MR) is 121 cm³/mol. The van der Waals surface area contributed by atoms with Crippen LogP contribution in [0, 0.1) is 0 Å².